The summed E-state index contributed by atoms with van der Waals surface area (Å²) in [5.41, 5.74) is 1.28. The van der Waals surface area contributed by atoms with Crippen molar-refractivity contribution >= 4 is 0 Å². The van der Waals surface area contributed by atoms with Gasteiger partial charge < -0.3 is 24.1 Å². The summed E-state index contributed by atoms with van der Waals surface area (Å²) >= 11 is 0. The van der Waals surface area contributed by atoms with Gasteiger partial charge in [0.25, 0.3) is 5.89 Å². The van der Waals surface area contributed by atoms with E-state index in [9.17, 15) is 10.2 Å². The van der Waals surface area contributed by atoms with E-state index in [0.29, 0.717) is 40.6 Å². The van der Waals surface area contributed by atoms with Crippen molar-refractivity contribution in [1.82, 2.24) is 35.4 Å². The first-order valence-electron chi connectivity index (χ1n) is 10.7. The molecular formula is C22H25N7O5. The smallest absolute Gasteiger partial charge is 0.257 e. The second-order valence-electron chi connectivity index (χ2n) is 7.49. The van der Waals surface area contributed by atoms with Gasteiger partial charge in [0.15, 0.2) is 5.82 Å². The number of nitrogens with zero attached hydrogens (tertiary/aromatic N) is 7. The third-order valence-electron chi connectivity index (χ3n) is 5.21. The fraction of sp³-hybridized carbons (Fsp3) is 0.364. The zero-order valence-electron chi connectivity index (χ0n) is 19.3. The zero-order chi connectivity index (χ0) is 24.2. The van der Waals surface area contributed by atoms with Crippen molar-refractivity contribution in [2.45, 2.75) is 32.6 Å². The number of aromatic hydroxyl groups is 2. The van der Waals surface area contributed by atoms with Gasteiger partial charge in [-0.25, -0.2) is 4.98 Å². The van der Waals surface area contributed by atoms with Gasteiger partial charge >= 0.3 is 0 Å². The number of ether oxygens (including phenoxy) is 2. The lowest BCUT2D eigenvalue weighted by atomic mass is 9.95. The van der Waals surface area contributed by atoms with Crippen LogP contribution < -0.4 is 9.47 Å². The molecule has 0 atom stereocenters. The average molecular weight is 467 g/mol. The molecular weight excluding hydrogens is 442 g/mol. The number of rotatable bonds is 9. The van der Waals surface area contributed by atoms with E-state index in [4.69, 9.17) is 13.9 Å². The van der Waals surface area contributed by atoms with Crippen molar-refractivity contribution in [2.24, 2.45) is 7.05 Å². The molecule has 2 N–H and O–H groups in total. The van der Waals surface area contributed by atoms with E-state index >= 15 is 0 Å². The summed E-state index contributed by atoms with van der Waals surface area (Å²) in [7, 11) is 4.70. The Morgan fingerprint density at radius 3 is 2.35 bits per heavy atom. The van der Waals surface area contributed by atoms with Crippen molar-refractivity contribution in [3.8, 4) is 45.7 Å². The lowest BCUT2D eigenvalue weighted by Crippen LogP contribution is -2.01. The Morgan fingerprint density at radius 1 is 1.00 bits per heavy atom. The summed E-state index contributed by atoms with van der Waals surface area (Å²) < 4.78 is 16.8. The van der Waals surface area contributed by atoms with E-state index < -0.39 is 5.88 Å². The van der Waals surface area contributed by atoms with Crippen molar-refractivity contribution in [3.05, 3.63) is 35.6 Å². The highest BCUT2D eigenvalue weighted by atomic mass is 16.5. The van der Waals surface area contributed by atoms with Crippen LogP contribution in [0.4, 0.5) is 0 Å². The molecule has 3 heterocycles. The fourth-order valence-electron chi connectivity index (χ4n) is 3.65. The van der Waals surface area contributed by atoms with Crippen molar-refractivity contribution in [2.75, 3.05) is 14.2 Å². The number of aryl methyl sites for hydroxylation is 2. The third kappa shape index (κ3) is 4.34. The van der Waals surface area contributed by atoms with Gasteiger partial charge in [-0.2, -0.15) is 4.80 Å². The van der Waals surface area contributed by atoms with Crippen LogP contribution in [0.5, 0.6) is 23.1 Å². The van der Waals surface area contributed by atoms with Crippen LogP contribution in [0, 0.1) is 0 Å². The number of benzene rings is 1. The molecule has 12 heteroatoms. The van der Waals surface area contributed by atoms with Crippen LogP contribution in [0.3, 0.4) is 0 Å². The number of hydrogen-bond donors (Lipinski definition) is 2. The summed E-state index contributed by atoms with van der Waals surface area (Å²) in [5, 5.41) is 41.9. The Bertz CT molecular complexity index is 1280. The number of hydrogen-bond acceptors (Lipinski definition) is 11. The molecule has 0 saturated carbocycles. The van der Waals surface area contributed by atoms with Crippen LogP contribution >= 0.6 is 0 Å². The number of unbranched alkanes of at least 4 members (excludes halogenated alkanes) is 1. The first kappa shape index (κ1) is 23.0. The minimum atomic E-state index is -0.422. The molecule has 178 valence electrons. The highest BCUT2D eigenvalue weighted by Gasteiger charge is 2.28. The Kier molecular flexibility index (Phi) is 6.57. The van der Waals surface area contributed by atoms with E-state index in [0.717, 1.165) is 12.8 Å². The topological polar surface area (TPSA) is 154 Å². The lowest BCUT2D eigenvalue weighted by molar-refractivity contribution is 0.395. The Morgan fingerprint density at radius 2 is 1.74 bits per heavy atom. The minimum Gasteiger partial charge on any atom is -0.506 e. The minimum absolute atomic E-state index is 0.0888. The van der Waals surface area contributed by atoms with Crippen LogP contribution in [0.2, 0.25) is 0 Å². The summed E-state index contributed by atoms with van der Waals surface area (Å²) in [4.78, 5) is 5.71. The molecule has 0 bridgehead atoms. The molecule has 4 rings (SSSR count). The third-order valence-corrected chi connectivity index (χ3v) is 5.21. The maximum Gasteiger partial charge on any atom is 0.257 e. The maximum atomic E-state index is 11.4. The number of pyridine rings is 1. The molecule has 0 aliphatic carbocycles. The predicted molar refractivity (Wildman–Crippen MR) is 120 cm³/mol. The molecule has 0 fully saturated rings. The van der Waals surface area contributed by atoms with Gasteiger partial charge in [-0.05, 0) is 30.2 Å². The second-order valence-corrected chi connectivity index (χ2v) is 7.49. The van der Waals surface area contributed by atoms with Crippen LogP contribution in [0.25, 0.3) is 22.6 Å². The van der Waals surface area contributed by atoms with Crippen molar-refractivity contribution < 1.29 is 24.1 Å². The first-order valence-corrected chi connectivity index (χ1v) is 10.7. The van der Waals surface area contributed by atoms with Gasteiger partial charge in [-0.15, -0.1) is 20.4 Å². The van der Waals surface area contributed by atoms with Crippen LogP contribution in [-0.4, -0.2) is 59.8 Å². The molecule has 0 aliphatic heterocycles. The molecule has 3 aromatic heterocycles. The molecule has 4 aromatic rings. The molecule has 0 aliphatic rings. The van der Waals surface area contributed by atoms with Crippen molar-refractivity contribution in [1.29, 1.82) is 0 Å². The van der Waals surface area contributed by atoms with Gasteiger partial charge in [0, 0.05) is 0 Å². The molecule has 0 spiro atoms. The van der Waals surface area contributed by atoms with Gasteiger partial charge in [-0.3, -0.25) is 0 Å². The Hall–Kier alpha value is -4.22. The van der Waals surface area contributed by atoms with Crippen LogP contribution in [0.1, 0.15) is 37.2 Å². The quantitative estimate of drug-likeness (QED) is 0.373. The number of aromatic nitrogens is 7. The predicted octanol–water partition coefficient (Wildman–Crippen LogP) is 2.68. The average Bonchev–Trinajstić information content (AvgIpc) is 3.46. The zero-order valence-corrected chi connectivity index (χ0v) is 19.3. The lowest BCUT2D eigenvalue weighted by Gasteiger charge is -2.18. The SMILES string of the molecule is CCCCc1nc(O)c(-c2nnc(Cc3nnn(C)n3)o2)c(O)c1-c1c(OC)cccc1OC. The van der Waals surface area contributed by atoms with E-state index in [1.165, 1.54) is 19.0 Å². The molecule has 12 nitrogen and oxygen atoms in total. The standard InChI is InChI=1S/C22H25N7O5/c1-5-6-8-12-17(18-13(32-3)9-7-10-14(18)33-4)20(30)19(21(31)23-12)22-26-25-16(34-22)11-15-24-28-29(2)27-15/h7,9-10H,5-6,8,11H2,1-4H3,(H2,23,30,31). The van der Waals surface area contributed by atoms with Gasteiger partial charge in [-0.1, -0.05) is 19.4 Å². The second kappa shape index (κ2) is 9.73. The van der Waals surface area contributed by atoms with E-state index in [1.54, 1.807) is 25.2 Å². The summed E-state index contributed by atoms with van der Waals surface area (Å²) in [6.07, 6.45) is 2.35. The Labute approximate surface area is 195 Å². The summed E-state index contributed by atoms with van der Waals surface area (Å²) in [6, 6.07) is 5.29. The fourth-order valence-corrected chi connectivity index (χ4v) is 3.65. The molecule has 0 radical (unpaired) electrons. The highest BCUT2D eigenvalue weighted by molar-refractivity contribution is 5.88. The van der Waals surface area contributed by atoms with Gasteiger partial charge in [0.2, 0.25) is 11.8 Å². The highest BCUT2D eigenvalue weighted by Crippen LogP contribution is 2.49. The number of methoxy groups -OCH3 is 2. The molecule has 34 heavy (non-hydrogen) atoms. The largest absolute Gasteiger partial charge is 0.506 e. The maximum absolute atomic E-state index is 11.4. The summed E-state index contributed by atoms with van der Waals surface area (Å²) in [6.45, 7) is 2.05. The molecule has 0 amide bonds. The molecule has 1 aromatic carbocycles. The van der Waals surface area contributed by atoms with Crippen molar-refractivity contribution in [3.63, 3.8) is 0 Å². The molecule has 0 unspecified atom stereocenters. The first-order chi connectivity index (χ1) is 16.5. The van der Waals surface area contributed by atoms with E-state index in [-0.39, 0.29) is 29.5 Å². The van der Waals surface area contributed by atoms with Crippen LogP contribution in [0.15, 0.2) is 22.6 Å². The Balaban J connectivity index is 1.87. The van der Waals surface area contributed by atoms with Crippen LogP contribution in [-0.2, 0) is 19.9 Å². The van der Waals surface area contributed by atoms with E-state index in [1.807, 2.05) is 6.92 Å². The summed E-state index contributed by atoms with van der Waals surface area (Å²) in [5.74, 6) is 0.741. The molecule has 0 saturated heterocycles. The van der Waals surface area contributed by atoms with Gasteiger partial charge in [0.1, 0.15) is 22.8 Å². The normalized spacial score (nSPS) is 11.1. The monoisotopic (exact) mass is 467 g/mol. The van der Waals surface area contributed by atoms with Gasteiger partial charge in [0.05, 0.1) is 44.5 Å². The number of tetrazole rings is 1. The van der Waals surface area contributed by atoms with E-state index in [2.05, 4.69) is 30.6 Å².